The fourth-order valence-corrected chi connectivity index (χ4v) is 5.69. The number of pyridine rings is 1. The van der Waals surface area contributed by atoms with Gasteiger partial charge in [0.2, 0.25) is 0 Å². The van der Waals surface area contributed by atoms with E-state index >= 15 is 0 Å². The molecule has 0 radical (unpaired) electrons. The summed E-state index contributed by atoms with van der Waals surface area (Å²) >= 11 is 0. The molecule has 1 aromatic carbocycles. The van der Waals surface area contributed by atoms with E-state index in [0.29, 0.717) is 37.8 Å². The van der Waals surface area contributed by atoms with Crippen molar-refractivity contribution >= 4 is 11.6 Å². The molecular formula is C26H30N6O5. The Morgan fingerprint density at radius 3 is 2.57 bits per heavy atom. The van der Waals surface area contributed by atoms with E-state index in [-0.39, 0.29) is 18.0 Å². The van der Waals surface area contributed by atoms with Gasteiger partial charge >= 0.3 is 11.8 Å². The van der Waals surface area contributed by atoms with Gasteiger partial charge in [0.25, 0.3) is 0 Å². The van der Waals surface area contributed by atoms with Crippen molar-refractivity contribution in [1.29, 1.82) is 0 Å². The second-order valence-electron chi connectivity index (χ2n) is 9.88. The smallest absolute Gasteiger partial charge is 0.414 e. The van der Waals surface area contributed by atoms with E-state index in [4.69, 9.17) is 19.2 Å². The first-order valence-corrected chi connectivity index (χ1v) is 12.7. The number of hydrogen-bond donors (Lipinski definition) is 1. The number of ether oxygens (including phenoxy) is 3. The summed E-state index contributed by atoms with van der Waals surface area (Å²) in [7, 11) is 1.67. The quantitative estimate of drug-likeness (QED) is 0.363. The lowest BCUT2D eigenvalue weighted by atomic mass is 9.99. The Bertz CT molecular complexity index is 1230. The van der Waals surface area contributed by atoms with E-state index in [9.17, 15) is 10.1 Å². The molecule has 6 rings (SSSR count). The Morgan fingerprint density at radius 1 is 1.14 bits per heavy atom. The van der Waals surface area contributed by atoms with Gasteiger partial charge in [0.05, 0.1) is 13.2 Å². The largest absolute Gasteiger partial charge is 0.497 e. The predicted octanol–water partition coefficient (Wildman–Crippen LogP) is 3.32. The van der Waals surface area contributed by atoms with Crippen molar-refractivity contribution < 1.29 is 19.1 Å². The highest BCUT2D eigenvalue weighted by Gasteiger charge is 2.42. The van der Waals surface area contributed by atoms with Crippen molar-refractivity contribution in [1.82, 2.24) is 19.9 Å². The first-order chi connectivity index (χ1) is 18.1. The summed E-state index contributed by atoms with van der Waals surface area (Å²) in [6.45, 7) is 1.62. The van der Waals surface area contributed by atoms with E-state index in [1.807, 2.05) is 30.5 Å². The van der Waals surface area contributed by atoms with E-state index in [1.165, 1.54) is 6.20 Å². The minimum absolute atomic E-state index is 0.0292. The number of nitro groups is 1. The molecule has 37 heavy (non-hydrogen) atoms. The maximum absolute atomic E-state index is 10.9. The maximum atomic E-state index is 10.9. The number of benzene rings is 1. The SMILES string of the molecule is COc1ccc(OC2CC3CCC(C2)N3c2ccc(CN[C@@H]3COc4nc([N+](=O)[O-])cn4C3)cn2)cc1. The van der Waals surface area contributed by atoms with Crippen LogP contribution >= 0.6 is 0 Å². The monoisotopic (exact) mass is 506 g/mol. The topological polar surface area (TPSA) is 117 Å². The molecule has 0 spiro atoms. The Labute approximate surface area is 214 Å². The van der Waals surface area contributed by atoms with Gasteiger partial charge in [-0.05, 0) is 53.7 Å². The molecule has 5 heterocycles. The number of rotatable bonds is 8. The third kappa shape index (κ3) is 4.91. The molecule has 2 fully saturated rings. The number of nitrogens with zero attached hydrogens (tertiary/aromatic N) is 5. The Balaban J connectivity index is 1.03. The number of hydrogen-bond acceptors (Lipinski definition) is 9. The normalized spacial score (nSPS) is 24.3. The first kappa shape index (κ1) is 23.5. The van der Waals surface area contributed by atoms with Crippen LogP contribution < -0.4 is 24.4 Å². The van der Waals surface area contributed by atoms with Gasteiger partial charge in [0.15, 0.2) is 0 Å². The number of anilines is 1. The third-order valence-corrected chi connectivity index (χ3v) is 7.47. The van der Waals surface area contributed by atoms with Crippen LogP contribution in [0, 0.1) is 10.1 Å². The summed E-state index contributed by atoms with van der Waals surface area (Å²) in [5.41, 5.74) is 1.08. The summed E-state index contributed by atoms with van der Waals surface area (Å²) < 4.78 is 18.8. The zero-order chi connectivity index (χ0) is 25.4. The van der Waals surface area contributed by atoms with E-state index in [1.54, 1.807) is 11.7 Å². The molecule has 194 valence electrons. The van der Waals surface area contributed by atoms with E-state index in [2.05, 4.69) is 27.3 Å². The van der Waals surface area contributed by atoms with Gasteiger partial charge in [-0.15, -0.1) is 0 Å². The fourth-order valence-electron chi connectivity index (χ4n) is 5.69. The van der Waals surface area contributed by atoms with Crippen LogP contribution in [0.5, 0.6) is 17.5 Å². The average Bonchev–Trinajstić information content (AvgIpc) is 3.46. The van der Waals surface area contributed by atoms with Gasteiger partial charge in [-0.2, -0.15) is 0 Å². The van der Waals surface area contributed by atoms with Crippen molar-refractivity contribution in [3.05, 3.63) is 64.5 Å². The van der Waals surface area contributed by atoms with E-state index in [0.717, 1.165) is 48.6 Å². The zero-order valence-electron chi connectivity index (χ0n) is 20.7. The molecule has 3 aromatic rings. The van der Waals surface area contributed by atoms with Crippen molar-refractivity contribution in [2.45, 2.75) is 63.0 Å². The number of aromatic nitrogens is 3. The first-order valence-electron chi connectivity index (χ1n) is 12.7. The predicted molar refractivity (Wildman–Crippen MR) is 135 cm³/mol. The minimum Gasteiger partial charge on any atom is -0.497 e. The van der Waals surface area contributed by atoms with Gasteiger partial charge < -0.3 is 34.5 Å². The minimum atomic E-state index is -0.507. The Kier molecular flexibility index (Phi) is 6.29. The highest BCUT2D eigenvalue weighted by atomic mass is 16.6. The summed E-state index contributed by atoms with van der Waals surface area (Å²) in [6.07, 6.45) is 7.86. The van der Waals surface area contributed by atoms with Crippen LogP contribution in [0.25, 0.3) is 0 Å². The van der Waals surface area contributed by atoms with Crippen LogP contribution in [0.1, 0.15) is 31.2 Å². The highest BCUT2D eigenvalue weighted by molar-refractivity contribution is 5.45. The van der Waals surface area contributed by atoms with E-state index < -0.39 is 4.92 Å². The van der Waals surface area contributed by atoms with Gasteiger partial charge in [-0.25, -0.2) is 4.98 Å². The van der Waals surface area contributed by atoms with Crippen LogP contribution in [0.2, 0.25) is 0 Å². The third-order valence-electron chi connectivity index (χ3n) is 7.47. The van der Waals surface area contributed by atoms with Crippen LogP contribution in [-0.4, -0.2) is 57.4 Å². The second kappa shape index (κ2) is 9.89. The summed E-state index contributed by atoms with van der Waals surface area (Å²) in [6, 6.07) is 13.2. The number of imidazole rings is 1. The van der Waals surface area contributed by atoms with Gasteiger partial charge in [0, 0.05) is 49.2 Å². The van der Waals surface area contributed by atoms with Crippen LogP contribution in [0.4, 0.5) is 11.6 Å². The highest BCUT2D eigenvalue weighted by Crippen LogP contribution is 2.40. The molecule has 2 aromatic heterocycles. The van der Waals surface area contributed by atoms with Crippen LogP contribution in [0.15, 0.2) is 48.8 Å². The van der Waals surface area contributed by atoms with Crippen molar-refractivity contribution in [3.8, 4) is 17.5 Å². The summed E-state index contributed by atoms with van der Waals surface area (Å²) in [5, 5.41) is 14.4. The van der Waals surface area contributed by atoms with Gasteiger partial charge in [-0.3, -0.25) is 4.57 Å². The standard InChI is InChI=1S/C26H30N6O5/c1-35-21-5-7-22(8-6-21)37-23-10-19-3-4-20(11-23)31(19)24-9-2-17(13-28-24)12-27-18-14-30-15-25(32(33)34)29-26(30)36-16-18/h2,5-9,13,15,18-20,23,27H,3-4,10-12,14,16H2,1H3/t18-,19?,20?,23?/m0/s1. The number of nitrogens with one attached hydrogen (secondary N) is 1. The summed E-state index contributed by atoms with van der Waals surface area (Å²) in [4.78, 5) is 21.6. The molecule has 3 aliphatic rings. The number of fused-ring (bicyclic) bond motifs is 3. The van der Waals surface area contributed by atoms with Crippen LogP contribution in [-0.2, 0) is 13.1 Å². The molecule has 1 N–H and O–H groups in total. The fraction of sp³-hybridized carbons (Fsp3) is 0.462. The molecule has 2 saturated heterocycles. The Morgan fingerprint density at radius 2 is 1.89 bits per heavy atom. The molecule has 0 aliphatic carbocycles. The number of methoxy groups -OCH3 is 1. The molecule has 11 nitrogen and oxygen atoms in total. The lowest BCUT2D eigenvalue weighted by molar-refractivity contribution is -0.389. The lowest BCUT2D eigenvalue weighted by Crippen LogP contribution is -2.46. The molecule has 2 unspecified atom stereocenters. The second-order valence-corrected chi connectivity index (χ2v) is 9.88. The number of piperidine rings is 1. The Hall–Kier alpha value is -3.86. The van der Waals surface area contributed by atoms with Crippen molar-refractivity contribution in [2.75, 3.05) is 18.6 Å². The molecular weight excluding hydrogens is 476 g/mol. The lowest BCUT2D eigenvalue weighted by Gasteiger charge is -2.39. The van der Waals surface area contributed by atoms with Crippen LogP contribution in [0.3, 0.4) is 0 Å². The summed E-state index contributed by atoms with van der Waals surface area (Å²) in [5.74, 6) is 2.55. The molecule has 0 saturated carbocycles. The zero-order valence-corrected chi connectivity index (χ0v) is 20.7. The van der Waals surface area contributed by atoms with Crippen molar-refractivity contribution in [3.63, 3.8) is 0 Å². The van der Waals surface area contributed by atoms with Crippen molar-refractivity contribution in [2.24, 2.45) is 0 Å². The average molecular weight is 507 g/mol. The molecule has 3 atom stereocenters. The molecule has 11 heteroatoms. The molecule has 0 amide bonds. The van der Waals surface area contributed by atoms with Gasteiger partial charge in [-0.1, -0.05) is 6.07 Å². The molecule has 3 aliphatic heterocycles. The van der Waals surface area contributed by atoms with Gasteiger partial charge in [0.1, 0.15) is 36.2 Å². The maximum Gasteiger partial charge on any atom is 0.414 e. The molecule has 2 bridgehead atoms.